The Bertz CT molecular complexity index is 553. The number of anilines is 1. The van der Waals surface area contributed by atoms with Crippen molar-refractivity contribution in [2.24, 2.45) is 5.92 Å². The van der Waals surface area contributed by atoms with Gasteiger partial charge in [-0.2, -0.15) is 0 Å². The zero-order chi connectivity index (χ0) is 14.4. The van der Waals surface area contributed by atoms with Crippen LogP contribution >= 0.6 is 0 Å². The summed E-state index contributed by atoms with van der Waals surface area (Å²) in [5.41, 5.74) is 0.566. The van der Waals surface area contributed by atoms with E-state index in [1.807, 2.05) is 44.2 Å². The van der Waals surface area contributed by atoms with E-state index in [1.54, 1.807) is 0 Å². The molecule has 104 valence electrons. The molecule has 5 nitrogen and oxygen atoms in total. The van der Waals surface area contributed by atoms with Crippen molar-refractivity contribution in [3.8, 4) is 11.8 Å². The molecule has 0 radical (unpaired) electrons. The summed E-state index contributed by atoms with van der Waals surface area (Å²) in [7, 11) is 0. The summed E-state index contributed by atoms with van der Waals surface area (Å²) < 4.78 is 5.47. The van der Waals surface area contributed by atoms with E-state index in [9.17, 15) is 4.79 Å². The number of carbonyl (C=O) groups excluding carboxylic acids is 1. The summed E-state index contributed by atoms with van der Waals surface area (Å²) in [4.78, 5) is 19.7. The van der Waals surface area contributed by atoms with Crippen LogP contribution in [0.1, 0.15) is 20.3 Å². The number of para-hydroxylation sites is 1. The summed E-state index contributed by atoms with van der Waals surface area (Å²) >= 11 is 0. The Labute approximate surface area is 118 Å². The summed E-state index contributed by atoms with van der Waals surface area (Å²) in [6.45, 7) is 3.99. The maximum absolute atomic E-state index is 11.6. The quantitative estimate of drug-likeness (QED) is 0.906. The lowest BCUT2D eigenvalue weighted by molar-refractivity contribution is -0.116. The number of nitrogens with one attached hydrogen (secondary N) is 1. The predicted molar refractivity (Wildman–Crippen MR) is 76.6 cm³/mol. The average molecular weight is 271 g/mol. The molecular formula is C15H17N3O2. The van der Waals surface area contributed by atoms with E-state index in [2.05, 4.69) is 15.3 Å². The highest BCUT2D eigenvalue weighted by atomic mass is 16.5. The number of ether oxygens (including phenoxy) is 1. The third-order valence-electron chi connectivity index (χ3n) is 2.46. The van der Waals surface area contributed by atoms with Crippen molar-refractivity contribution in [2.75, 3.05) is 5.32 Å². The highest BCUT2D eigenvalue weighted by Gasteiger charge is 2.06. The molecule has 0 saturated heterocycles. The molecule has 1 aromatic carbocycles. The molecule has 0 bridgehead atoms. The molecule has 20 heavy (non-hydrogen) atoms. The van der Waals surface area contributed by atoms with Gasteiger partial charge in [0.25, 0.3) is 0 Å². The van der Waals surface area contributed by atoms with E-state index in [0.29, 0.717) is 23.8 Å². The third kappa shape index (κ3) is 4.35. The van der Waals surface area contributed by atoms with Crippen molar-refractivity contribution in [2.45, 2.75) is 20.3 Å². The van der Waals surface area contributed by atoms with Crippen LogP contribution < -0.4 is 10.1 Å². The minimum atomic E-state index is -0.0414. The second-order valence-electron chi connectivity index (χ2n) is 4.82. The molecule has 1 N–H and O–H groups in total. The van der Waals surface area contributed by atoms with Crippen LogP contribution in [-0.4, -0.2) is 15.9 Å². The summed E-state index contributed by atoms with van der Waals surface area (Å²) in [5.74, 6) is 0.945. The van der Waals surface area contributed by atoms with E-state index in [-0.39, 0.29) is 11.9 Å². The van der Waals surface area contributed by atoms with E-state index in [0.717, 1.165) is 0 Å². The molecule has 2 rings (SSSR count). The lowest BCUT2D eigenvalue weighted by Gasteiger charge is -2.07. The number of hydrogen-bond acceptors (Lipinski definition) is 4. The number of amides is 1. The number of hydrogen-bond donors (Lipinski definition) is 1. The Hall–Kier alpha value is -2.43. The van der Waals surface area contributed by atoms with Gasteiger partial charge < -0.3 is 10.1 Å². The molecule has 0 fully saturated rings. The molecule has 0 spiro atoms. The second-order valence-corrected chi connectivity index (χ2v) is 4.82. The van der Waals surface area contributed by atoms with Gasteiger partial charge >= 0.3 is 6.01 Å². The SMILES string of the molecule is CC(C)CC(=O)Nc1cnc(Oc2ccccc2)nc1. The smallest absolute Gasteiger partial charge is 0.322 e. The minimum absolute atomic E-state index is 0.0414. The highest BCUT2D eigenvalue weighted by molar-refractivity contribution is 5.90. The fourth-order valence-corrected chi connectivity index (χ4v) is 1.61. The van der Waals surface area contributed by atoms with Gasteiger partial charge in [-0.1, -0.05) is 32.0 Å². The minimum Gasteiger partial charge on any atom is -0.424 e. The number of carbonyl (C=O) groups is 1. The van der Waals surface area contributed by atoms with Crippen molar-refractivity contribution >= 4 is 11.6 Å². The van der Waals surface area contributed by atoms with Crippen LogP contribution in [0, 0.1) is 5.92 Å². The van der Waals surface area contributed by atoms with Crippen molar-refractivity contribution in [3.05, 3.63) is 42.7 Å². The number of rotatable bonds is 5. The van der Waals surface area contributed by atoms with Crippen molar-refractivity contribution < 1.29 is 9.53 Å². The first-order valence-electron chi connectivity index (χ1n) is 6.48. The van der Waals surface area contributed by atoms with Crippen LogP contribution in [0.2, 0.25) is 0 Å². The second kappa shape index (κ2) is 6.65. The Kier molecular flexibility index (Phi) is 4.65. The van der Waals surface area contributed by atoms with E-state index in [4.69, 9.17) is 4.74 Å². The number of benzene rings is 1. The topological polar surface area (TPSA) is 64.1 Å². The van der Waals surface area contributed by atoms with Crippen LogP contribution in [0.5, 0.6) is 11.8 Å². The molecule has 0 aliphatic rings. The standard InChI is InChI=1S/C15H17N3O2/c1-11(2)8-14(19)18-12-9-16-15(17-10-12)20-13-6-4-3-5-7-13/h3-7,9-11H,8H2,1-2H3,(H,18,19). The molecular weight excluding hydrogens is 254 g/mol. The third-order valence-corrected chi connectivity index (χ3v) is 2.46. The van der Waals surface area contributed by atoms with E-state index in [1.165, 1.54) is 12.4 Å². The lowest BCUT2D eigenvalue weighted by Crippen LogP contribution is -2.14. The monoisotopic (exact) mass is 271 g/mol. The van der Waals surface area contributed by atoms with Gasteiger partial charge in [-0.3, -0.25) is 4.79 Å². The molecule has 0 unspecified atom stereocenters. The first kappa shape index (κ1) is 14.0. The molecule has 0 atom stereocenters. The van der Waals surface area contributed by atoms with Crippen LogP contribution in [-0.2, 0) is 4.79 Å². The van der Waals surface area contributed by atoms with Gasteiger partial charge in [0.2, 0.25) is 5.91 Å². The van der Waals surface area contributed by atoms with Gasteiger partial charge in [0.05, 0.1) is 18.1 Å². The van der Waals surface area contributed by atoms with Gasteiger partial charge in [0.15, 0.2) is 0 Å². The van der Waals surface area contributed by atoms with E-state index < -0.39 is 0 Å². The maximum Gasteiger partial charge on any atom is 0.322 e. The molecule has 0 saturated carbocycles. The zero-order valence-electron chi connectivity index (χ0n) is 11.5. The van der Waals surface area contributed by atoms with Gasteiger partial charge in [-0.15, -0.1) is 0 Å². The Morgan fingerprint density at radius 1 is 1.20 bits per heavy atom. The zero-order valence-corrected chi connectivity index (χ0v) is 11.5. The van der Waals surface area contributed by atoms with Crippen LogP contribution in [0.15, 0.2) is 42.7 Å². The van der Waals surface area contributed by atoms with Crippen molar-refractivity contribution in [1.29, 1.82) is 0 Å². The van der Waals surface area contributed by atoms with Gasteiger partial charge in [-0.05, 0) is 18.1 Å². The largest absolute Gasteiger partial charge is 0.424 e. The van der Waals surface area contributed by atoms with Gasteiger partial charge in [0.1, 0.15) is 5.75 Å². The van der Waals surface area contributed by atoms with Crippen LogP contribution in [0.25, 0.3) is 0 Å². The molecule has 0 aliphatic carbocycles. The molecule has 0 aliphatic heterocycles. The highest BCUT2D eigenvalue weighted by Crippen LogP contribution is 2.17. The molecule has 1 heterocycles. The van der Waals surface area contributed by atoms with Crippen LogP contribution in [0.4, 0.5) is 5.69 Å². The van der Waals surface area contributed by atoms with Gasteiger partial charge in [-0.25, -0.2) is 9.97 Å². The number of nitrogens with zero attached hydrogens (tertiary/aromatic N) is 2. The summed E-state index contributed by atoms with van der Waals surface area (Å²) in [6, 6.07) is 9.54. The Morgan fingerprint density at radius 2 is 1.85 bits per heavy atom. The number of aromatic nitrogens is 2. The first-order chi connectivity index (χ1) is 9.63. The molecule has 1 amide bonds. The van der Waals surface area contributed by atoms with Crippen LogP contribution in [0.3, 0.4) is 0 Å². The van der Waals surface area contributed by atoms with E-state index >= 15 is 0 Å². The van der Waals surface area contributed by atoms with Crippen molar-refractivity contribution in [3.63, 3.8) is 0 Å². The predicted octanol–water partition coefficient (Wildman–Crippen LogP) is 3.25. The lowest BCUT2D eigenvalue weighted by atomic mass is 10.1. The van der Waals surface area contributed by atoms with Crippen molar-refractivity contribution in [1.82, 2.24) is 9.97 Å². The molecule has 2 aromatic rings. The molecule has 5 heteroatoms. The Balaban J connectivity index is 1.94. The molecule has 1 aromatic heterocycles. The summed E-state index contributed by atoms with van der Waals surface area (Å²) in [6.07, 6.45) is 3.54. The summed E-state index contributed by atoms with van der Waals surface area (Å²) in [5, 5.41) is 2.74. The Morgan fingerprint density at radius 3 is 2.45 bits per heavy atom. The average Bonchev–Trinajstić information content (AvgIpc) is 2.41. The fraction of sp³-hybridized carbons (Fsp3) is 0.267. The maximum atomic E-state index is 11.6. The fourth-order valence-electron chi connectivity index (χ4n) is 1.61. The normalized spacial score (nSPS) is 10.3. The van der Waals surface area contributed by atoms with Gasteiger partial charge in [0, 0.05) is 6.42 Å². The first-order valence-corrected chi connectivity index (χ1v) is 6.48.